The van der Waals surface area contributed by atoms with Crippen LogP contribution in [0.1, 0.15) is 19.4 Å². The van der Waals surface area contributed by atoms with Gasteiger partial charge in [0.1, 0.15) is 0 Å². The van der Waals surface area contributed by atoms with Crippen molar-refractivity contribution in [2.45, 2.75) is 19.4 Å². The van der Waals surface area contributed by atoms with E-state index in [4.69, 9.17) is 11.5 Å². The Hall–Kier alpha value is -1.02. The van der Waals surface area contributed by atoms with Crippen LogP contribution in [-0.4, -0.2) is 0 Å². The molecular formula is C9H14N2. The van der Waals surface area contributed by atoms with E-state index in [2.05, 4.69) is 0 Å². The summed E-state index contributed by atoms with van der Waals surface area (Å²) in [6, 6.07) is 7.64. The van der Waals surface area contributed by atoms with Gasteiger partial charge in [-0.05, 0) is 31.5 Å². The van der Waals surface area contributed by atoms with Gasteiger partial charge in [0.25, 0.3) is 0 Å². The first-order chi connectivity index (χ1) is 5.00. The molecule has 0 unspecified atom stereocenters. The van der Waals surface area contributed by atoms with Crippen molar-refractivity contribution in [1.29, 1.82) is 0 Å². The second-order valence-electron chi connectivity index (χ2n) is 3.34. The van der Waals surface area contributed by atoms with Gasteiger partial charge in [0, 0.05) is 11.2 Å². The molecule has 2 nitrogen and oxygen atoms in total. The monoisotopic (exact) mass is 150 g/mol. The van der Waals surface area contributed by atoms with Gasteiger partial charge in [-0.2, -0.15) is 0 Å². The molecule has 1 aromatic carbocycles. The molecule has 11 heavy (non-hydrogen) atoms. The predicted octanol–water partition coefficient (Wildman–Crippen LogP) is 1.46. The molecule has 0 atom stereocenters. The fraction of sp³-hybridized carbons (Fsp3) is 0.333. The first-order valence-electron chi connectivity index (χ1n) is 3.65. The Kier molecular flexibility index (Phi) is 1.87. The summed E-state index contributed by atoms with van der Waals surface area (Å²) in [6.07, 6.45) is 0. The lowest BCUT2D eigenvalue weighted by Gasteiger charge is -2.18. The number of nitrogen functional groups attached to an aromatic ring is 1. The van der Waals surface area contributed by atoms with Crippen molar-refractivity contribution in [3.05, 3.63) is 29.8 Å². The van der Waals surface area contributed by atoms with Crippen LogP contribution in [0.15, 0.2) is 24.3 Å². The number of hydrogen-bond donors (Lipinski definition) is 2. The van der Waals surface area contributed by atoms with Crippen LogP contribution < -0.4 is 11.5 Å². The number of anilines is 1. The van der Waals surface area contributed by atoms with E-state index in [0.717, 1.165) is 11.3 Å². The Labute approximate surface area is 67.2 Å². The third-order valence-corrected chi connectivity index (χ3v) is 1.65. The molecule has 1 rings (SSSR count). The highest BCUT2D eigenvalue weighted by molar-refractivity contribution is 5.40. The summed E-state index contributed by atoms with van der Waals surface area (Å²) in [5, 5.41) is 0. The highest BCUT2D eigenvalue weighted by atomic mass is 14.7. The van der Waals surface area contributed by atoms with Gasteiger partial charge in [-0.1, -0.05) is 12.1 Å². The van der Waals surface area contributed by atoms with Crippen LogP contribution in [0.25, 0.3) is 0 Å². The van der Waals surface area contributed by atoms with Crippen LogP contribution in [0, 0.1) is 0 Å². The Morgan fingerprint density at radius 2 is 1.55 bits per heavy atom. The summed E-state index contributed by atoms with van der Waals surface area (Å²) in [5.74, 6) is 0. The molecule has 4 N–H and O–H groups in total. The minimum atomic E-state index is -0.270. The largest absolute Gasteiger partial charge is 0.399 e. The maximum atomic E-state index is 5.87. The molecule has 2 heteroatoms. The van der Waals surface area contributed by atoms with Crippen molar-refractivity contribution in [3.8, 4) is 0 Å². The second-order valence-corrected chi connectivity index (χ2v) is 3.34. The number of benzene rings is 1. The summed E-state index contributed by atoms with van der Waals surface area (Å²) in [6.45, 7) is 3.94. The Morgan fingerprint density at radius 3 is 1.91 bits per heavy atom. The Balaban J connectivity index is 2.99. The van der Waals surface area contributed by atoms with E-state index in [0.29, 0.717) is 0 Å². The molecule has 0 spiro atoms. The lowest BCUT2D eigenvalue weighted by Crippen LogP contribution is -2.28. The van der Waals surface area contributed by atoms with Gasteiger partial charge in [-0.25, -0.2) is 0 Å². The SMILES string of the molecule is CC(C)(N)c1ccc(N)cc1. The van der Waals surface area contributed by atoms with Crippen molar-refractivity contribution in [2.24, 2.45) is 5.73 Å². The molecule has 0 aliphatic rings. The predicted molar refractivity (Wildman–Crippen MR) is 48.1 cm³/mol. The van der Waals surface area contributed by atoms with Crippen LogP contribution >= 0.6 is 0 Å². The van der Waals surface area contributed by atoms with Crippen LogP contribution in [0.5, 0.6) is 0 Å². The molecule has 0 saturated heterocycles. The Bertz CT molecular complexity index is 231. The lowest BCUT2D eigenvalue weighted by atomic mass is 9.96. The summed E-state index contributed by atoms with van der Waals surface area (Å²) in [4.78, 5) is 0. The van der Waals surface area contributed by atoms with Gasteiger partial charge < -0.3 is 11.5 Å². The van der Waals surface area contributed by atoms with Crippen LogP contribution in [0.4, 0.5) is 5.69 Å². The van der Waals surface area contributed by atoms with Crippen molar-refractivity contribution in [1.82, 2.24) is 0 Å². The maximum absolute atomic E-state index is 5.87. The molecule has 0 heterocycles. The van der Waals surface area contributed by atoms with E-state index in [9.17, 15) is 0 Å². The molecule has 0 amide bonds. The Morgan fingerprint density at radius 1 is 1.09 bits per heavy atom. The second kappa shape index (κ2) is 2.55. The van der Waals surface area contributed by atoms with E-state index < -0.39 is 0 Å². The molecule has 0 aromatic heterocycles. The van der Waals surface area contributed by atoms with E-state index >= 15 is 0 Å². The van der Waals surface area contributed by atoms with Crippen molar-refractivity contribution >= 4 is 5.69 Å². The van der Waals surface area contributed by atoms with Gasteiger partial charge in [0.05, 0.1) is 0 Å². The van der Waals surface area contributed by atoms with Crippen LogP contribution in [-0.2, 0) is 5.54 Å². The van der Waals surface area contributed by atoms with Gasteiger partial charge >= 0.3 is 0 Å². The lowest BCUT2D eigenvalue weighted by molar-refractivity contribution is 0.554. The maximum Gasteiger partial charge on any atom is 0.0352 e. The van der Waals surface area contributed by atoms with E-state index in [1.807, 2.05) is 38.1 Å². The molecule has 0 aliphatic carbocycles. The number of hydrogen-bond acceptors (Lipinski definition) is 2. The highest BCUT2D eigenvalue weighted by Crippen LogP contribution is 2.17. The fourth-order valence-corrected chi connectivity index (χ4v) is 0.913. The smallest absolute Gasteiger partial charge is 0.0352 e. The zero-order chi connectivity index (χ0) is 8.48. The number of rotatable bonds is 1. The van der Waals surface area contributed by atoms with E-state index in [1.54, 1.807) is 0 Å². The molecule has 0 fully saturated rings. The summed E-state index contributed by atoms with van der Waals surface area (Å²) in [5.41, 5.74) is 13.0. The first-order valence-corrected chi connectivity index (χ1v) is 3.65. The molecule has 0 saturated carbocycles. The minimum absolute atomic E-state index is 0.270. The van der Waals surface area contributed by atoms with Gasteiger partial charge in [0.15, 0.2) is 0 Å². The topological polar surface area (TPSA) is 52.0 Å². The zero-order valence-electron chi connectivity index (χ0n) is 6.96. The molecule has 0 radical (unpaired) electrons. The third kappa shape index (κ3) is 1.95. The first kappa shape index (κ1) is 8.08. The molecular weight excluding hydrogens is 136 g/mol. The molecule has 0 aliphatic heterocycles. The van der Waals surface area contributed by atoms with E-state index in [1.165, 1.54) is 0 Å². The van der Waals surface area contributed by atoms with Gasteiger partial charge in [-0.15, -0.1) is 0 Å². The van der Waals surface area contributed by atoms with Crippen molar-refractivity contribution < 1.29 is 0 Å². The average Bonchev–Trinajstić information content (AvgIpc) is 1.86. The van der Waals surface area contributed by atoms with E-state index in [-0.39, 0.29) is 5.54 Å². The molecule has 60 valence electrons. The van der Waals surface area contributed by atoms with Crippen molar-refractivity contribution in [3.63, 3.8) is 0 Å². The highest BCUT2D eigenvalue weighted by Gasteiger charge is 2.12. The summed E-state index contributed by atoms with van der Waals surface area (Å²) < 4.78 is 0. The van der Waals surface area contributed by atoms with Gasteiger partial charge in [-0.3, -0.25) is 0 Å². The third-order valence-electron chi connectivity index (χ3n) is 1.65. The quantitative estimate of drug-likeness (QED) is 0.595. The fourth-order valence-electron chi connectivity index (χ4n) is 0.913. The van der Waals surface area contributed by atoms with Crippen LogP contribution in [0.3, 0.4) is 0 Å². The standard InChI is InChI=1S/C9H14N2/c1-9(2,11)7-3-5-8(10)6-4-7/h3-6H,10-11H2,1-2H3. The minimum Gasteiger partial charge on any atom is -0.399 e. The zero-order valence-corrected chi connectivity index (χ0v) is 6.96. The van der Waals surface area contributed by atoms with Gasteiger partial charge in [0.2, 0.25) is 0 Å². The molecule has 1 aromatic rings. The molecule has 0 bridgehead atoms. The summed E-state index contributed by atoms with van der Waals surface area (Å²) >= 11 is 0. The van der Waals surface area contributed by atoms with Crippen LogP contribution in [0.2, 0.25) is 0 Å². The van der Waals surface area contributed by atoms with Crippen molar-refractivity contribution in [2.75, 3.05) is 5.73 Å². The average molecular weight is 150 g/mol. The summed E-state index contributed by atoms with van der Waals surface area (Å²) in [7, 11) is 0. The normalized spacial score (nSPS) is 11.5. The number of nitrogens with two attached hydrogens (primary N) is 2.